The van der Waals surface area contributed by atoms with Gasteiger partial charge in [-0.25, -0.2) is 0 Å². The first kappa shape index (κ1) is 16.7. The molecule has 5 nitrogen and oxygen atoms in total. The van der Waals surface area contributed by atoms with Gasteiger partial charge in [0, 0.05) is 18.2 Å². The maximum atomic E-state index is 12.5. The Hall–Kier alpha value is -3.13. The van der Waals surface area contributed by atoms with Crippen LogP contribution in [0.15, 0.2) is 48.5 Å². The molecule has 2 aromatic carbocycles. The highest BCUT2D eigenvalue weighted by molar-refractivity contribution is 5.96. The predicted molar refractivity (Wildman–Crippen MR) is 93.6 cm³/mol. The number of nitrogens with zero attached hydrogens (tertiary/aromatic N) is 2. The SMILES string of the molecule is CC1Cc2ccccc2CN1C(=O)CNC(=O)c1ccc(C#N)cc1. The van der Waals surface area contributed by atoms with Crippen LogP contribution in [0.1, 0.15) is 34.0 Å². The van der Waals surface area contributed by atoms with Crippen LogP contribution >= 0.6 is 0 Å². The molecule has 5 heteroatoms. The average Bonchev–Trinajstić information content (AvgIpc) is 2.65. The first-order chi connectivity index (χ1) is 12.1. The van der Waals surface area contributed by atoms with Crippen molar-refractivity contribution in [2.45, 2.75) is 25.9 Å². The molecule has 0 radical (unpaired) electrons. The number of benzene rings is 2. The minimum absolute atomic E-state index is 0.0364. The number of nitrogens with one attached hydrogen (secondary N) is 1. The fraction of sp³-hybridized carbons (Fsp3) is 0.250. The zero-order chi connectivity index (χ0) is 17.8. The average molecular weight is 333 g/mol. The summed E-state index contributed by atoms with van der Waals surface area (Å²) in [4.78, 5) is 26.5. The van der Waals surface area contributed by atoms with Gasteiger partial charge in [0.1, 0.15) is 0 Å². The maximum Gasteiger partial charge on any atom is 0.251 e. The fourth-order valence-electron chi connectivity index (χ4n) is 3.07. The van der Waals surface area contributed by atoms with Crippen molar-refractivity contribution in [1.29, 1.82) is 5.26 Å². The normalized spacial score (nSPS) is 15.8. The van der Waals surface area contributed by atoms with Crippen LogP contribution in [-0.4, -0.2) is 29.3 Å². The van der Waals surface area contributed by atoms with Crippen molar-refractivity contribution in [3.63, 3.8) is 0 Å². The minimum Gasteiger partial charge on any atom is -0.343 e. The van der Waals surface area contributed by atoms with E-state index in [0.717, 1.165) is 12.0 Å². The molecule has 2 aromatic rings. The van der Waals surface area contributed by atoms with Crippen LogP contribution in [0.3, 0.4) is 0 Å². The number of carbonyl (C=O) groups excluding carboxylic acids is 2. The summed E-state index contributed by atoms with van der Waals surface area (Å²) in [5.41, 5.74) is 3.37. The lowest BCUT2D eigenvalue weighted by Gasteiger charge is -2.35. The van der Waals surface area contributed by atoms with Crippen molar-refractivity contribution in [1.82, 2.24) is 10.2 Å². The topological polar surface area (TPSA) is 73.2 Å². The third kappa shape index (κ3) is 3.69. The predicted octanol–water partition coefficient (Wildman–Crippen LogP) is 2.26. The highest BCUT2D eigenvalue weighted by Crippen LogP contribution is 2.22. The number of nitriles is 1. The zero-order valence-electron chi connectivity index (χ0n) is 14.0. The van der Waals surface area contributed by atoms with Gasteiger partial charge in [0.05, 0.1) is 18.2 Å². The van der Waals surface area contributed by atoms with Gasteiger partial charge in [-0.2, -0.15) is 5.26 Å². The second-order valence-corrected chi connectivity index (χ2v) is 6.22. The van der Waals surface area contributed by atoms with E-state index in [1.807, 2.05) is 31.2 Å². The van der Waals surface area contributed by atoms with E-state index in [-0.39, 0.29) is 24.4 Å². The van der Waals surface area contributed by atoms with E-state index in [0.29, 0.717) is 17.7 Å². The molecular weight excluding hydrogens is 314 g/mol. The van der Waals surface area contributed by atoms with E-state index in [2.05, 4.69) is 11.4 Å². The lowest BCUT2D eigenvalue weighted by Crippen LogP contribution is -2.47. The fourth-order valence-corrected chi connectivity index (χ4v) is 3.07. The highest BCUT2D eigenvalue weighted by Gasteiger charge is 2.26. The quantitative estimate of drug-likeness (QED) is 0.936. The van der Waals surface area contributed by atoms with E-state index >= 15 is 0 Å². The van der Waals surface area contributed by atoms with Crippen molar-refractivity contribution in [3.8, 4) is 6.07 Å². The van der Waals surface area contributed by atoms with Crippen LogP contribution in [0.5, 0.6) is 0 Å². The molecule has 1 unspecified atom stereocenters. The Kier molecular flexibility index (Phi) is 4.80. The molecule has 1 aliphatic rings. The van der Waals surface area contributed by atoms with Crippen LogP contribution in [0.4, 0.5) is 0 Å². The van der Waals surface area contributed by atoms with Crippen LogP contribution in [0, 0.1) is 11.3 Å². The first-order valence-corrected chi connectivity index (χ1v) is 8.23. The lowest BCUT2D eigenvalue weighted by molar-refractivity contribution is -0.133. The molecule has 25 heavy (non-hydrogen) atoms. The van der Waals surface area contributed by atoms with Crippen molar-refractivity contribution < 1.29 is 9.59 Å². The number of hydrogen-bond acceptors (Lipinski definition) is 3. The number of fused-ring (bicyclic) bond motifs is 1. The van der Waals surface area contributed by atoms with Gasteiger partial charge in [0.2, 0.25) is 5.91 Å². The molecule has 0 spiro atoms. The molecule has 2 amide bonds. The molecule has 0 fully saturated rings. The van der Waals surface area contributed by atoms with Gasteiger partial charge in [0.15, 0.2) is 0 Å². The molecule has 3 rings (SSSR count). The van der Waals surface area contributed by atoms with Crippen LogP contribution in [-0.2, 0) is 17.8 Å². The summed E-state index contributed by atoms with van der Waals surface area (Å²) >= 11 is 0. The molecule has 1 aliphatic heterocycles. The summed E-state index contributed by atoms with van der Waals surface area (Å²) in [5.74, 6) is -0.410. The summed E-state index contributed by atoms with van der Waals surface area (Å²) in [7, 11) is 0. The molecule has 1 atom stereocenters. The Morgan fingerprint density at radius 3 is 2.52 bits per heavy atom. The van der Waals surface area contributed by atoms with Crippen molar-refractivity contribution in [2.24, 2.45) is 0 Å². The van der Waals surface area contributed by atoms with Crippen LogP contribution in [0.25, 0.3) is 0 Å². The summed E-state index contributed by atoms with van der Waals surface area (Å²) in [6, 6.07) is 16.6. The van der Waals surface area contributed by atoms with Gasteiger partial charge in [0.25, 0.3) is 5.91 Å². The Bertz CT molecular complexity index is 837. The third-order valence-electron chi connectivity index (χ3n) is 4.50. The Balaban J connectivity index is 1.60. The van der Waals surface area contributed by atoms with Gasteiger partial charge in [-0.1, -0.05) is 24.3 Å². The van der Waals surface area contributed by atoms with Gasteiger partial charge >= 0.3 is 0 Å². The molecular formula is C20H19N3O2. The van der Waals surface area contributed by atoms with Crippen LogP contribution < -0.4 is 5.32 Å². The van der Waals surface area contributed by atoms with E-state index in [4.69, 9.17) is 5.26 Å². The lowest BCUT2D eigenvalue weighted by atomic mass is 9.95. The van der Waals surface area contributed by atoms with E-state index in [1.165, 1.54) is 5.56 Å². The molecule has 1 N–H and O–H groups in total. The van der Waals surface area contributed by atoms with Gasteiger partial charge < -0.3 is 10.2 Å². The van der Waals surface area contributed by atoms with E-state index in [9.17, 15) is 9.59 Å². The molecule has 0 saturated carbocycles. The van der Waals surface area contributed by atoms with E-state index in [1.54, 1.807) is 29.2 Å². The van der Waals surface area contributed by atoms with Gasteiger partial charge in [-0.3, -0.25) is 9.59 Å². The standard InChI is InChI=1S/C20H19N3O2/c1-14-10-17-4-2-3-5-18(17)13-23(14)19(24)12-22-20(25)16-8-6-15(11-21)7-9-16/h2-9,14H,10,12-13H2,1H3,(H,22,25). The minimum atomic E-state index is -0.317. The molecule has 126 valence electrons. The number of amides is 2. The second kappa shape index (κ2) is 7.18. The summed E-state index contributed by atoms with van der Waals surface area (Å²) in [6.45, 7) is 2.56. The number of rotatable bonds is 3. The smallest absolute Gasteiger partial charge is 0.251 e. The molecule has 0 saturated heterocycles. The largest absolute Gasteiger partial charge is 0.343 e. The third-order valence-corrected chi connectivity index (χ3v) is 4.50. The van der Waals surface area contributed by atoms with Crippen molar-refractivity contribution >= 4 is 11.8 Å². The first-order valence-electron chi connectivity index (χ1n) is 8.23. The Labute approximate surface area is 146 Å². The maximum absolute atomic E-state index is 12.5. The van der Waals surface area contributed by atoms with Crippen molar-refractivity contribution in [3.05, 3.63) is 70.8 Å². The zero-order valence-corrected chi connectivity index (χ0v) is 14.0. The molecule has 0 aromatic heterocycles. The summed E-state index contributed by atoms with van der Waals surface area (Å²) in [5, 5.41) is 11.4. The van der Waals surface area contributed by atoms with Crippen molar-refractivity contribution in [2.75, 3.05) is 6.54 Å². The molecule has 0 aliphatic carbocycles. The number of hydrogen-bond donors (Lipinski definition) is 1. The van der Waals surface area contributed by atoms with Crippen LogP contribution in [0.2, 0.25) is 0 Å². The summed E-state index contributed by atoms with van der Waals surface area (Å²) < 4.78 is 0. The Morgan fingerprint density at radius 1 is 1.16 bits per heavy atom. The van der Waals surface area contributed by atoms with Gasteiger partial charge in [-0.15, -0.1) is 0 Å². The summed E-state index contributed by atoms with van der Waals surface area (Å²) in [6.07, 6.45) is 0.825. The number of carbonyl (C=O) groups is 2. The molecule has 1 heterocycles. The second-order valence-electron chi connectivity index (χ2n) is 6.22. The van der Waals surface area contributed by atoms with Gasteiger partial charge in [-0.05, 0) is 48.7 Å². The highest BCUT2D eigenvalue weighted by atomic mass is 16.2. The van der Waals surface area contributed by atoms with E-state index < -0.39 is 0 Å². The molecule has 0 bridgehead atoms. The monoisotopic (exact) mass is 333 g/mol. The Morgan fingerprint density at radius 2 is 1.84 bits per heavy atom.